The van der Waals surface area contributed by atoms with Crippen molar-refractivity contribution >= 4 is 17.4 Å². The van der Waals surface area contributed by atoms with Gasteiger partial charge in [-0.15, -0.1) is 0 Å². The number of carbonyl (C=O) groups is 1. The number of non-ortho nitro benzene ring substituents is 1. The topological polar surface area (TPSA) is 117 Å². The number of nitro groups is 1. The molecule has 0 fully saturated rings. The first kappa shape index (κ1) is 19.9. The maximum atomic E-state index is 12.7. The summed E-state index contributed by atoms with van der Waals surface area (Å²) in [6.07, 6.45) is 1.27. The van der Waals surface area contributed by atoms with Crippen LogP contribution in [-0.2, 0) is 6.61 Å². The van der Waals surface area contributed by atoms with E-state index >= 15 is 0 Å². The van der Waals surface area contributed by atoms with Crippen molar-refractivity contribution in [2.45, 2.75) is 26.6 Å². The molecule has 1 heterocycles. The molecule has 0 aliphatic rings. The van der Waals surface area contributed by atoms with E-state index in [9.17, 15) is 14.9 Å². The van der Waals surface area contributed by atoms with Crippen LogP contribution in [0.1, 0.15) is 29.8 Å². The lowest BCUT2D eigenvalue weighted by Gasteiger charge is -2.15. The van der Waals surface area contributed by atoms with Crippen molar-refractivity contribution in [3.8, 4) is 11.5 Å². The summed E-state index contributed by atoms with van der Waals surface area (Å²) in [4.78, 5) is 23.2. The summed E-state index contributed by atoms with van der Waals surface area (Å²) in [6.45, 7) is 3.81. The lowest BCUT2D eigenvalue weighted by molar-refractivity contribution is -0.384. The Hall–Kier alpha value is -3.88. The van der Waals surface area contributed by atoms with Gasteiger partial charge in [0.1, 0.15) is 24.4 Å². The van der Waals surface area contributed by atoms with Gasteiger partial charge in [0.2, 0.25) is 0 Å². The molecule has 29 heavy (non-hydrogen) atoms. The van der Waals surface area contributed by atoms with Crippen LogP contribution in [0.5, 0.6) is 11.5 Å². The van der Waals surface area contributed by atoms with E-state index < -0.39 is 10.8 Å². The van der Waals surface area contributed by atoms with Gasteiger partial charge in [-0.25, -0.2) is 0 Å². The van der Waals surface area contributed by atoms with E-state index in [1.165, 1.54) is 24.5 Å². The number of nitrogens with zero attached hydrogens (tertiary/aromatic N) is 2. The molecule has 9 heteroatoms. The summed E-state index contributed by atoms with van der Waals surface area (Å²) in [5.41, 5.74) is 0.803. The van der Waals surface area contributed by atoms with Gasteiger partial charge in [-0.3, -0.25) is 14.9 Å². The molecule has 9 nitrogen and oxygen atoms in total. The van der Waals surface area contributed by atoms with Gasteiger partial charge < -0.3 is 19.3 Å². The molecule has 3 aromatic rings. The summed E-state index contributed by atoms with van der Waals surface area (Å²) >= 11 is 0. The van der Waals surface area contributed by atoms with Gasteiger partial charge in [0.05, 0.1) is 16.6 Å². The second-order valence-corrected chi connectivity index (χ2v) is 6.38. The Morgan fingerprint density at radius 2 is 2.07 bits per heavy atom. The SMILES string of the molecule is CC(C)Oc1ccc(OCc2cccc([N+](=O)[O-])c2)c(C(=O)Nc2ccon2)c1. The van der Waals surface area contributed by atoms with Crippen LogP contribution >= 0.6 is 0 Å². The van der Waals surface area contributed by atoms with Crippen LogP contribution in [0.25, 0.3) is 0 Å². The van der Waals surface area contributed by atoms with Crippen molar-refractivity contribution in [3.63, 3.8) is 0 Å². The van der Waals surface area contributed by atoms with Crippen molar-refractivity contribution in [1.82, 2.24) is 5.16 Å². The number of benzene rings is 2. The highest BCUT2D eigenvalue weighted by atomic mass is 16.6. The van der Waals surface area contributed by atoms with Crippen LogP contribution in [0.4, 0.5) is 11.5 Å². The highest BCUT2D eigenvalue weighted by Crippen LogP contribution is 2.27. The smallest absolute Gasteiger partial charge is 0.269 e. The molecule has 0 spiro atoms. The molecule has 1 N–H and O–H groups in total. The molecule has 0 unspecified atom stereocenters. The molecule has 0 saturated heterocycles. The number of nitrogens with one attached hydrogen (secondary N) is 1. The largest absolute Gasteiger partial charge is 0.491 e. The van der Waals surface area contributed by atoms with Crippen LogP contribution in [0.3, 0.4) is 0 Å². The maximum absolute atomic E-state index is 12.7. The molecule has 0 atom stereocenters. The van der Waals surface area contributed by atoms with E-state index in [0.29, 0.717) is 17.1 Å². The standard InChI is InChI=1S/C20H19N3O6/c1-13(2)29-16-6-7-18(17(11-16)20(24)21-19-8-9-28-22-19)27-12-14-4-3-5-15(10-14)23(25)26/h3-11,13H,12H2,1-2H3,(H,21,22,24). The Kier molecular flexibility index (Phi) is 6.08. The van der Waals surface area contributed by atoms with Crippen LogP contribution in [0.15, 0.2) is 59.3 Å². The average Bonchev–Trinajstić information content (AvgIpc) is 3.19. The van der Waals surface area contributed by atoms with Gasteiger partial charge in [-0.05, 0) is 37.6 Å². The number of amides is 1. The van der Waals surface area contributed by atoms with Crippen LogP contribution in [-0.4, -0.2) is 22.1 Å². The highest BCUT2D eigenvalue weighted by Gasteiger charge is 2.17. The van der Waals surface area contributed by atoms with Gasteiger partial charge in [-0.2, -0.15) is 0 Å². The molecule has 0 aliphatic heterocycles. The predicted molar refractivity (Wildman–Crippen MR) is 104 cm³/mol. The zero-order valence-corrected chi connectivity index (χ0v) is 15.8. The number of aromatic nitrogens is 1. The molecule has 3 rings (SSSR count). The second-order valence-electron chi connectivity index (χ2n) is 6.38. The average molecular weight is 397 g/mol. The monoisotopic (exact) mass is 397 g/mol. The minimum atomic E-state index is -0.474. The van der Waals surface area contributed by atoms with Crippen molar-refractivity contribution in [3.05, 3.63) is 76.0 Å². The van der Waals surface area contributed by atoms with Crippen molar-refractivity contribution < 1.29 is 23.7 Å². The van der Waals surface area contributed by atoms with Crippen molar-refractivity contribution in [2.75, 3.05) is 5.32 Å². The van der Waals surface area contributed by atoms with Crippen LogP contribution < -0.4 is 14.8 Å². The first-order valence-electron chi connectivity index (χ1n) is 8.81. The highest BCUT2D eigenvalue weighted by molar-refractivity contribution is 6.06. The Balaban J connectivity index is 1.83. The number of hydrogen-bond acceptors (Lipinski definition) is 7. The number of rotatable bonds is 8. The fraction of sp³-hybridized carbons (Fsp3) is 0.200. The normalized spacial score (nSPS) is 10.6. The third-order valence-electron chi connectivity index (χ3n) is 3.76. The Bertz CT molecular complexity index is 1000. The van der Waals surface area contributed by atoms with E-state index in [2.05, 4.69) is 10.5 Å². The quantitative estimate of drug-likeness (QED) is 0.447. The molecule has 1 aromatic heterocycles. The van der Waals surface area contributed by atoms with Crippen LogP contribution in [0, 0.1) is 10.1 Å². The minimum absolute atomic E-state index is 0.0317. The third kappa shape index (κ3) is 5.32. The molecule has 0 aliphatic carbocycles. The molecule has 0 radical (unpaired) electrons. The first-order valence-corrected chi connectivity index (χ1v) is 8.81. The van der Waals surface area contributed by atoms with Crippen molar-refractivity contribution in [1.29, 1.82) is 0 Å². The summed E-state index contributed by atoms with van der Waals surface area (Å²) < 4.78 is 16.1. The molecular weight excluding hydrogens is 378 g/mol. The molecule has 1 amide bonds. The fourth-order valence-corrected chi connectivity index (χ4v) is 2.54. The van der Waals surface area contributed by atoms with E-state index in [4.69, 9.17) is 14.0 Å². The van der Waals surface area contributed by atoms with E-state index in [1.807, 2.05) is 13.8 Å². The van der Waals surface area contributed by atoms with Gasteiger partial charge in [-0.1, -0.05) is 17.3 Å². The number of nitro benzene ring substituents is 1. The van der Waals surface area contributed by atoms with E-state index in [0.717, 1.165) is 0 Å². The van der Waals surface area contributed by atoms with E-state index in [1.54, 1.807) is 30.3 Å². The number of carbonyl (C=O) groups excluding carboxylic acids is 1. The fourth-order valence-electron chi connectivity index (χ4n) is 2.54. The number of ether oxygens (including phenoxy) is 2. The Labute approximate surface area is 166 Å². The lowest BCUT2D eigenvalue weighted by atomic mass is 10.1. The first-order chi connectivity index (χ1) is 13.9. The minimum Gasteiger partial charge on any atom is -0.491 e. The van der Waals surface area contributed by atoms with Crippen molar-refractivity contribution in [2.24, 2.45) is 0 Å². The van der Waals surface area contributed by atoms with Crippen LogP contribution in [0.2, 0.25) is 0 Å². The Morgan fingerprint density at radius 1 is 1.24 bits per heavy atom. The summed E-state index contributed by atoms with van der Waals surface area (Å²) in [6, 6.07) is 12.5. The predicted octanol–water partition coefficient (Wildman–Crippen LogP) is 4.20. The van der Waals surface area contributed by atoms with Gasteiger partial charge in [0.25, 0.3) is 11.6 Å². The van der Waals surface area contributed by atoms with Gasteiger partial charge in [0, 0.05) is 18.2 Å². The molecular formula is C20H19N3O6. The summed E-state index contributed by atoms with van der Waals surface area (Å²) in [5, 5.41) is 17.2. The number of anilines is 1. The van der Waals surface area contributed by atoms with Gasteiger partial charge >= 0.3 is 0 Å². The summed E-state index contributed by atoms with van der Waals surface area (Å²) in [7, 11) is 0. The lowest BCUT2D eigenvalue weighted by Crippen LogP contribution is -2.15. The summed E-state index contributed by atoms with van der Waals surface area (Å²) in [5.74, 6) is 0.610. The third-order valence-corrected chi connectivity index (χ3v) is 3.76. The van der Waals surface area contributed by atoms with E-state index in [-0.39, 0.29) is 29.8 Å². The number of hydrogen-bond donors (Lipinski definition) is 1. The zero-order valence-electron chi connectivity index (χ0n) is 15.8. The molecule has 2 aromatic carbocycles. The second kappa shape index (κ2) is 8.87. The molecule has 150 valence electrons. The molecule has 0 saturated carbocycles. The zero-order chi connectivity index (χ0) is 20.8. The molecule has 0 bridgehead atoms. The maximum Gasteiger partial charge on any atom is 0.269 e. The Morgan fingerprint density at radius 3 is 2.76 bits per heavy atom. The van der Waals surface area contributed by atoms with Gasteiger partial charge in [0.15, 0.2) is 5.82 Å².